The van der Waals surface area contributed by atoms with Crippen molar-refractivity contribution in [2.45, 2.75) is 26.2 Å². The van der Waals surface area contributed by atoms with Crippen molar-refractivity contribution in [3.05, 3.63) is 47.8 Å². The monoisotopic (exact) mass is 257 g/mol. The number of para-hydroxylation sites is 1. The fraction of sp³-hybridized carbons (Fsp3) is 0.333. The van der Waals surface area contributed by atoms with Gasteiger partial charge in [-0.3, -0.25) is 9.48 Å². The van der Waals surface area contributed by atoms with Crippen LogP contribution in [0.25, 0.3) is 0 Å². The molecule has 0 aliphatic heterocycles. The summed E-state index contributed by atoms with van der Waals surface area (Å²) < 4.78 is 1.62. The summed E-state index contributed by atoms with van der Waals surface area (Å²) in [6, 6.07) is 7.88. The number of aryl methyl sites for hydroxylation is 1. The molecule has 0 spiro atoms. The van der Waals surface area contributed by atoms with E-state index in [-0.39, 0.29) is 11.3 Å². The Hall–Kier alpha value is -2.10. The zero-order chi connectivity index (χ0) is 14.0. The third kappa shape index (κ3) is 3.02. The first kappa shape index (κ1) is 13.3. The van der Waals surface area contributed by atoms with Gasteiger partial charge in [-0.15, -0.1) is 0 Å². The number of rotatable bonds is 2. The molecule has 0 unspecified atom stereocenters. The van der Waals surface area contributed by atoms with Gasteiger partial charge in [0.05, 0.1) is 11.8 Å². The van der Waals surface area contributed by atoms with Crippen molar-refractivity contribution >= 4 is 11.6 Å². The molecule has 4 nitrogen and oxygen atoms in total. The van der Waals surface area contributed by atoms with Crippen molar-refractivity contribution in [1.82, 2.24) is 9.78 Å². The number of nitrogens with zero attached hydrogens (tertiary/aromatic N) is 2. The van der Waals surface area contributed by atoms with E-state index in [1.54, 1.807) is 24.1 Å². The van der Waals surface area contributed by atoms with E-state index in [0.29, 0.717) is 5.56 Å². The molecule has 0 saturated heterocycles. The number of carbonyl (C=O) groups is 1. The molecule has 0 atom stereocenters. The van der Waals surface area contributed by atoms with Gasteiger partial charge in [-0.1, -0.05) is 39.0 Å². The number of hydrogen-bond acceptors (Lipinski definition) is 2. The molecule has 0 saturated carbocycles. The molecule has 1 heterocycles. The quantitative estimate of drug-likeness (QED) is 0.899. The maximum absolute atomic E-state index is 12.1. The van der Waals surface area contributed by atoms with Crippen molar-refractivity contribution in [2.24, 2.45) is 7.05 Å². The molecule has 1 N–H and O–H groups in total. The average molecular weight is 257 g/mol. The summed E-state index contributed by atoms with van der Waals surface area (Å²) in [5.74, 6) is -0.134. The van der Waals surface area contributed by atoms with E-state index in [4.69, 9.17) is 0 Å². The SMILES string of the molecule is Cn1cc(C(=O)Nc2ccccc2C(C)(C)C)cn1. The van der Waals surface area contributed by atoms with Gasteiger partial charge in [-0.25, -0.2) is 0 Å². The van der Waals surface area contributed by atoms with Crippen LogP contribution in [0.4, 0.5) is 5.69 Å². The number of nitrogens with one attached hydrogen (secondary N) is 1. The second-order valence-electron chi connectivity index (χ2n) is 5.65. The number of amides is 1. The zero-order valence-corrected chi connectivity index (χ0v) is 11.8. The summed E-state index contributed by atoms with van der Waals surface area (Å²) in [7, 11) is 1.79. The number of anilines is 1. The molecule has 19 heavy (non-hydrogen) atoms. The standard InChI is InChI=1S/C15H19N3O/c1-15(2,3)12-7-5-6-8-13(12)17-14(19)11-9-16-18(4)10-11/h5-10H,1-4H3,(H,17,19). The van der Waals surface area contributed by atoms with Gasteiger partial charge >= 0.3 is 0 Å². The molecule has 1 aromatic heterocycles. The van der Waals surface area contributed by atoms with Crippen LogP contribution in [0.5, 0.6) is 0 Å². The van der Waals surface area contributed by atoms with E-state index in [1.165, 1.54) is 0 Å². The lowest BCUT2D eigenvalue weighted by Gasteiger charge is -2.22. The molecule has 4 heteroatoms. The molecule has 0 radical (unpaired) electrons. The molecule has 0 aliphatic rings. The van der Waals surface area contributed by atoms with Crippen LogP contribution in [-0.2, 0) is 12.5 Å². The molecule has 0 bridgehead atoms. The highest BCUT2D eigenvalue weighted by Gasteiger charge is 2.19. The Morgan fingerprint density at radius 2 is 1.95 bits per heavy atom. The van der Waals surface area contributed by atoms with Gasteiger partial charge < -0.3 is 5.32 Å². The van der Waals surface area contributed by atoms with E-state index >= 15 is 0 Å². The van der Waals surface area contributed by atoms with Crippen molar-refractivity contribution < 1.29 is 4.79 Å². The highest BCUT2D eigenvalue weighted by Crippen LogP contribution is 2.29. The van der Waals surface area contributed by atoms with Crippen LogP contribution in [0, 0.1) is 0 Å². The number of benzene rings is 1. The highest BCUT2D eigenvalue weighted by molar-refractivity contribution is 6.04. The Balaban J connectivity index is 2.27. The first-order chi connectivity index (χ1) is 8.88. The Morgan fingerprint density at radius 3 is 2.53 bits per heavy atom. The molecule has 100 valence electrons. The molecule has 0 fully saturated rings. The number of hydrogen-bond donors (Lipinski definition) is 1. The van der Waals surface area contributed by atoms with Gasteiger partial charge in [0, 0.05) is 18.9 Å². The molecule has 2 aromatic rings. The summed E-state index contributed by atoms with van der Waals surface area (Å²) >= 11 is 0. The minimum absolute atomic E-state index is 0.0151. The Labute approximate surface area is 113 Å². The molecule has 1 aromatic carbocycles. The van der Waals surface area contributed by atoms with Gasteiger partial charge in [-0.05, 0) is 17.0 Å². The maximum atomic E-state index is 12.1. The van der Waals surface area contributed by atoms with Crippen molar-refractivity contribution in [1.29, 1.82) is 0 Å². The van der Waals surface area contributed by atoms with E-state index in [2.05, 4.69) is 31.2 Å². The lowest BCUT2D eigenvalue weighted by molar-refractivity contribution is 0.102. The predicted molar refractivity (Wildman–Crippen MR) is 76.3 cm³/mol. The lowest BCUT2D eigenvalue weighted by Crippen LogP contribution is -2.18. The van der Waals surface area contributed by atoms with Crippen LogP contribution < -0.4 is 5.32 Å². The van der Waals surface area contributed by atoms with Crippen molar-refractivity contribution in [2.75, 3.05) is 5.32 Å². The third-order valence-electron chi connectivity index (χ3n) is 2.95. The Kier molecular flexibility index (Phi) is 3.42. The summed E-state index contributed by atoms with van der Waals surface area (Å²) in [5.41, 5.74) is 2.51. The average Bonchev–Trinajstić information content (AvgIpc) is 2.75. The topological polar surface area (TPSA) is 46.9 Å². The largest absolute Gasteiger partial charge is 0.322 e. The predicted octanol–water partition coefficient (Wildman–Crippen LogP) is 2.97. The number of aromatic nitrogens is 2. The molecule has 0 aliphatic carbocycles. The van der Waals surface area contributed by atoms with E-state index in [9.17, 15) is 4.79 Å². The summed E-state index contributed by atoms with van der Waals surface area (Å²) in [4.78, 5) is 12.1. The van der Waals surface area contributed by atoms with Crippen LogP contribution in [0.2, 0.25) is 0 Å². The van der Waals surface area contributed by atoms with Gasteiger partial charge in [0.25, 0.3) is 5.91 Å². The normalized spacial score (nSPS) is 11.4. The fourth-order valence-corrected chi connectivity index (χ4v) is 1.98. The first-order valence-corrected chi connectivity index (χ1v) is 6.27. The summed E-state index contributed by atoms with van der Waals surface area (Å²) in [6.07, 6.45) is 3.27. The van der Waals surface area contributed by atoms with Gasteiger partial charge in [0.2, 0.25) is 0 Å². The summed E-state index contributed by atoms with van der Waals surface area (Å²) in [6.45, 7) is 6.38. The fourth-order valence-electron chi connectivity index (χ4n) is 1.98. The maximum Gasteiger partial charge on any atom is 0.258 e. The second kappa shape index (κ2) is 4.88. The van der Waals surface area contributed by atoms with Gasteiger partial charge in [-0.2, -0.15) is 5.10 Å². The van der Waals surface area contributed by atoms with Crippen LogP contribution in [0.15, 0.2) is 36.7 Å². The Bertz CT molecular complexity index is 593. The zero-order valence-electron chi connectivity index (χ0n) is 11.8. The van der Waals surface area contributed by atoms with E-state index in [1.807, 2.05) is 24.3 Å². The number of carbonyl (C=O) groups excluding carboxylic acids is 1. The Morgan fingerprint density at radius 1 is 1.26 bits per heavy atom. The molecular formula is C15H19N3O. The van der Waals surface area contributed by atoms with Crippen LogP contribution in [0.1, 0.15) is 36.7 Å². The molecular weight excluding hydrogens is 238 g/mol. The minimum Gasteiger partial charge on any atom is -0.322 e. The van der Waals surface area contributed by atoms with E-state index < -0.39 is 0 Å². The van der Waals surface area contributed by atoms with E-state index in [0.717, 1.165) is 11.3 Å². The van der Waals surface area contributed by atoms with Crippen LogP contribution in [-0.4, -0.2) is 15.7 Å². The van der Waals surface area contributed by atoms with Gasteiger partial charge in [0.15, 0.2) is 0 Å². The first-order valence-electron chi connectivity index (χ1n) is 6.27. The van der Waals surface area contributed by atoms with Crippen molar-refractivity contribution in [3.8, 4) is 0 Å². The van der Waals surface area contributed by atoms with Crippen LogP contribution in [0.3, 0.4) is 0 Å². The van der Waals surface area contributed by atoms with Crippen LogP contribution >= 0.6 is 0 Å². The molecule has 1 amide bonds. The third-order valence-corrected chi connectivity index (χ3v) is 2.95. The van der Waals surface area contributed by atoms with Crippen molar-refractivity contribution in [3.63, 3.8) is 0 Å². The lowest BCUT2D eigenvalue weighted by atomic mass is 9.86. The minimum atomic E-state index is -0.134. The molecule has 2 rings (SSSR count). The van der Waals surface area contributed by atoms with Gasteiger partial charge in [0.1, 0.15) is 0 Å². The second-order valence-corrected chi connectivity index (χ2v) is 5.65. The smallest absolute Gasteiger partial charge is 0.258 e. The summed E-state index contributed by atoms with van der Waals surface area (Å²) in [5, 5.41) is 6.96. The highest BCUT2D eigenvalue weighted by atomic mass is 16.1.